The molecule has 4 aromatic rings. The molecule has 2 aromatic carbocycles. The van der Waals surface area contributed by atoms with Gasteiger partial charge in [0.15, 0.2) is 0 Å². The lowest BCUT2D eigenvalue weighted by Gasteiger charge is -2.16. The van der Waals surface area contributed by atoms with Crippen LogP contribution in [0.4, 0.5) is 4.39 Å². The first-order valence-electron chi connectivity index (χ1n) is 7.28. The van der Waals surface area contributed by atoms with E-state index in [9.17, 15) is 4.39 Å². The number of para-hydroxylation sites is 1. The normalized spacial score (nSPS) is 12.2. The van der Waals surface area contributed by atoms with Gasteiger partial charge in [-0.1, -0.05) is 24.3 Å². The number of aromatic nitrogens is 3. The molecule has 0 fully saturated rings. The summed E-state index contributed by atoms with van der Waals surface area (Å²) in [5, 5.41) is 17.5. The van der Waals surface area contributed by atoms with Crippen molar-refractivity contribution in [1.82, 2.24) is 14.8 Å². The van der Waals surface area contributed by atoms with E-state index in [4.69, 9.17) is 9.68 Å². The van der Waals surface area contributed by atoms with Gasteiger partial charge in [0, 0.05) is 10.9 Å². The zero-order valence-electron chi connectivity index (χ0n) is 12.4. The summed E-state index contributed by atoms with van der Waals surface area (Å²) in [5.41, 5.74) is 1.37. The highest BCUT2D eigenvalue weighted by Crippen LogP contribution is 2.32. The summed E-state index contributed by atoms with van der Waals surface area (Å²) in [5.74, 6) is 0.0906. The van der Waals surface area contributed by atoms with Crippen molar-refractivity contribution in [3.63, 3.8) is 0 Å². The monoisotopic (exact) mass is 318 g/mol. The van der Waals surface area contributed by atoms with Crippen LogP contribution in [0.5, 0.6) is 0 Å². The number of hydrogen-bond acceptors (Lipinski definition) is 4. The summed E-state index contributed by atoms with van der Waals surface area (Å²) < 4.78 is 22.2. The van der Waals surface area contributed by atoms with E-state index in [0.29, 0.717) is 11.3 Å². The Labute approximate surface area is 136 Å². The second kappa shape index (κ2) is 5.63. The molecular formula is C18H11FN4O. The third kappa shape index (κ3) is 2.32. The third-order valence-corrected chi connectivity index (χ3v) is 3.87. The van der Waals surface area contributed by atoms with Gasteiger partial charge in [-0.3, -0.25) is 0 Å². The Morgan fingerprint density at radius 2 is 1.88 bits per heavy atom. The second-order valence-electron chi connectivity index (χ2n) is 5.35. The van der Waals surface area contributed by atoms with Crippen molar-refractivity contribution in [2.45, 2.75) is 6.04 Å². The molecule has 116 valence electrons. The van der Waals surface area contributed by atoms with E-state index in [1.807, 2.05) is 36.4 Å². The first kappa shape index (κ1) is 14.2. The first-order chi connectivity index (χ1) is 11.8. The molecule has 2 aromatic heterocycles. The van der Waals surface area contributed by atoms with Gasteiger partial charge in [-0.15, -0.1) is 10.2 Å². The van der Waals surface area contributed by atoms with Crippen LogP contribution in [0, 0.1) is 17.1 Å². The molecule has 0 aliphatic heterocycles. The number of fused-ring (bicyclic) bond motifs is 1. The molecular weight excluding hydrogens is 307 g/mol. The molecule has 1 unspecified atom stereocenters. The van der Waals surface area contributed by atoms with Gasteiger partial charge in [-0.25, -0.2) is 4.39 Å². The van der Waals surface area contributed by atoms with Crippen LogP contribution < -0.4 is 0 Å². The lowest BCUT2D eigenvalue weighted by molar-refractivity contribution is 0.472. The number of rotatable bonds is 3. The zero-order valence-corrected chi connectivity index (χ0v) is 12.4. The predicted molar refractivity (Wildman–Crippen MR) is 84.6 cm³/mol. The molecule has 0 spiro atoms. The van der Waals surface area contributed by atoms with Crippen LogP contribution in [-0.2, 0) is 0 Å². The Balaban J connectivity index is 1.91. The Bertz CT molecular complexity index is 1010. The Hall–Kier alpha value is -3.46. The van der Waals surface area contributed by atoms with Crippen molar-refractivity contribution in [2.24, 2.45) is 0 Å². The average molecular weight is 318 g/mol. The molecule has 24 heavy (non-hydrogen) atoms. The van der Waals surface area contributed by atoms with Crippen LogP contribution in [0.25, 0.3) is 11.0 Å². The fraction of sp³-hybridized carbons (Fsp3) is 0.0556. The molecule has 0 aliphatic carbocycles. The summed E-state index contributed by atoms with van der Waals surface area (Å²) >= 11 is 0. The van der Waals surface area contributed by atoms with E-state index in [2.05, 4.69) is 10.2 Å². The van der Waals surface area contributed by atoms with E-state index in [0.717, 1.165) is 11.0 Å². The molecule has 4 rings (SSSR count). The highest BCUT2D eigenvalue weighted by Gasteiger charge is 2.24. The molecule has 0 bridgehead atoms. The van der Waals surface area contributed by atoms with Crippen molar-refractivity contribution in [3.05, 3.63) is 83.9 Å². The van der Waals surface area contributed by atoms with Crippen molar-refractivity contribution < 1.29 is 8.81 Å². The number of furan rings is 1. The van der Waals surface area contributed by atoms with Crippen molar-refractivity contribution >= 4 is 11.0 Å². The van der Waals surface area contributed by atoms with E-state index in [1.165, 1.54) is 18.7 Å². The maximum absolute atomic E-state index is 14.6. The van der Waals surface area contributed by atoms with Gasteiger partial charge in [0.25, 0.3) is 0 Å². The van der Waals surface area contributed by atoms with Gasteiger partial charge < -0.3 is 8.98 Å². The van der Waals surface area contributed by atoms with Gasteiger partial charge in [-0.2, -0.15) is 5.26 Å². The van der Waals surface area contributed by atoms with Gasteiger partial charge in [0.2, 0.25) is 0 Å². The van der Waals surface area contributed by atoms with E-state index < -0.39 is 11.9 Å². The van der Waals surface area contributed by atoms with Crippen molar-refractivity contribution in [3.8, 4) is 6.07 Å². The summed E-state index contributed by atoms with van der Waals surface area (Å²) in [7, 11) is 0. The molecule has 0 radical (unpaired) electrons. The summed E-state index contributed by atoms with van der Waals surface area (Å²) in [6.45, 7) is 0. The molecule has 0 saturated heterocycles. The Morgan fingerprint density at radius 1 is 1.08 bits per heavy atom. The SMILES string of the molecule is N#Cc1ccc(C(c2cc3ccccc3o2)n2cnnc2)c(F)c1. The predicted octanol–water partition coefficient (Wildman–Crippen LogP) is 3.67. The minimum Gasteiger partial charge on any atom is -0.458 e. The van der Waals surface area contributed by atoms with Crippen LogP contribution in [0.1, 0.15) is 22.9 Å². The van der Waals surface area contributed by atoms with Gasteiger partial charge in [-0.05, 0) is 24.3 Å². The summed E-state index contributed by atoms with van der Waals surface area (Å²) in [6.07, 6.45) is 3.02. The van der Waals surface area contributed by atoms with E-state index in [-0.39, 0.29) is 5.56 Å². The maximum atomic E-state index is 14.6. The Morgan fingerprint density at radius 3 is 2.58 bits per heavy atom. The Kier molecular flexibility index (Phi) is 3.32. The van der Waals surface area contributed by atoms with E-state index in [1.54, 1.807) is 16.7 Å². The zero-order chi connectivity index (χ0) is 16.5. The molecule has 0 aliphatic rings. The average Bonchev–Trinajstić information content (AvgIpc) is 3.26. The third-order valence-electron chi connectivity index (χ3n) is 3.87. The molecule has 1 atom stereocenters. The highest BCUT2D eigenvalue weighted by atomic mass is 19.1. The maximum Gasteiger partial charge on any atom is 0.134 e. The number of hydrogen-bond donors (Lipinski definition) is 0. The van der Waals surface area contributed by atoms with Crippen LogP contribution >= 0.6 is 0 Å². The van der Waals surface area contributed by atoms with Gasteiger partial charge in [0.1, 0.15) is 35.9 Å². The van der Waals surface area contributed by atoms with E-state index >= 15 is 0 Å². The molecule has 0 saturated carbocycles. The van der Waals surface area contributed by atoms with Gasteiger partial charge >= 0.3 is 0 Å². The van der Waals surface area contributed by atoms with Crippen LogP contribution in [-0.4, -0.2) is 14.8 Å². The summed E-state index contributed by atoms with van der Waals surface area (Å²) in [6, 6.07) is 15.2. The number of halogens is 1. The fourth-order valence-electron chi connectivity index (χ4n) is 2.76. The minimum atomic E-state index is -0.555. The number of nitrogens with zero attached hydrogens (tertiary/aromatic N) is 4. The number of nitriles is 1. The highest BCUT2D eigenvalue weighted by molar-refractivity contribution is 5.78. The largest absolute Gasteiger partial charge is 0.458 e. The lowest BCUT2D eigenvalue weighted by atomic mass is 10.0. The quantitative estimate of drug-likeness (QED) is 0.578. The van der Waals surface area contributed by atoms with Crippen molar-refractivity contribution in [1.29, 1.82) is 5.26 Å². The van der Waals surface area contributed by atoms with Gasteiger partial charge in [0.05, 0.1) is 11.6 Å². The minimum absolute atomic E-state index is 0.267. The molecule has 0 amide bonds. The standard InChI is InChI=1S/C18H11FN4O/c19-15-7-12(9-20)5-6-14(15)18(23-10-21-22-11-23)17-8-13-3-1-2-4-16(13)24-17/h1-8,10-11,18H. The first-order valence-corrected chi connectivity index (χ1v) is 7.28. The number of benzene rings is 2. The second-order valence-corrected chi connectivity index (χ2v) is 5.35. The van der Waals surface area contributed by atoms with Crippen LogP contribution in [0.2, 0.25) is 0 Å². The topological polar surface area (TPSA) is 67.6 Å². The molecule has 5 nitrogen and oxygen atoms in total. The molecule has 6 heteroatoms. The smallest absolute Gasteiger partial charge is 0.134 e. The summed E-state index contributed by atoms with van der Waals surface area (Å²) in [4.78, 5) is 0. The van der Waals surface area contributed by atoms with Crippen LogP contribution in [0.3, 0.4) is 0 Å². The lowest BCUT2D eigenvalue weighted by Crippen LogP contribution is -2.12. The van der Waals surface area contributed by atoms with Crippen LogP contribution in [0.15, 0.2) is 65.6 Å². The molecule has 0 N–H and O–H groups in total. The fourth-order valence-corrected chi connectivity index (χ4v) is 2.76. The van der Waals surface area contributed by atoms with Crippen molar-refractivity contribution in [2.75, 3.05) is 0 Å². The molecule has 2 heterocycles.